The highest BCUT2D eigenvalue weighted by Gasteiger charge is 2.15. The topological polar surface area (TPSA) is 45.7 Å². The quantitative estimate of drug-likeness (QED) is 0.837. The zero-order valence-electron chi connectivity index (χ0n) is 13.5. The van der Waals surface area contributed by atoms with Crippen LogP contribution in [0, 0.1) is 0 Å². The maximum absolute atomic E-state index is 12.0. The molecule has 0 aliphatic heterocycles. The predicted molar refractivity (Wildman–Crippen MR) is 95.7 cm³/mol. The molecule has 0 unspecified atom stereocenters. The minimum Gasteiger partial charge on any atom is -0.334 e. The molecule has 3 rings (SSSR count). The standard InChI is InChI=1S/C19H24N2OS/c22-19(14-20-13-18-7-4-12-23-18)21-17-10-8-16(9-11-17)15-5-2-1-3-6-15/h4,7-12,15,20H,1-3,5-6,13-14H2,(H,21,22)/p+1. The lowest BCUT2D eigenvalue weighted by Crippen LogP contribution is -2.84. The first kappa shape index (κ1) is 16.2. The van der Waals surface area contributed by atoms with Gasteiger partial charge in [-0.05, 0) is 47.9 Å². The second kappa shape index (κ2) is 8.27. The van der Waals surface area contributed by atoms with Gasteiger partial charge in [-0.25, -0.2) is 0 Å². The van der Waals surface area contributed by atoms with E-state index in [-0.39, 0.29) is 5.91 Å². The SMILES string of the molecule is O=C(C[NH2+]Cc1cccs1)Nc1ccc(C2CCCCC2)cc1. The minimum atomic E-state index is 0.0620. The van der Waals surface area contributed by atoms with Crippen LogP contribution in [0.5, 0.6) is 0 Å². The second-order valence-corrected chi connectivity index (χ2v) is 7.31. The van der Waals surface area contributed by atoms with E-state index < -0.39 is 0 Å². The average Bonchev–Trinajstić information content (AvgIpc) is 3.10. The second-order valence-electron chi connectivity index (χ2n) is 6.28. The molecule has 1 aromatic carbocycles. The Labute approximate surface area is 142 Å². The van der Waals surface area contributed by atoms with Crippen molar-refractivity contribution in [3.05, 3.63) is 52.2 Å². The molecule has 4 heteroatoms. The molecular formula is C19H25N2OS+. The van der Waals surface area contributed by atoms with Gasteiger partial charge in [0.2, 0.25) is 0 Å². The number of benzene rings is 1. The molecule has 3 N–H and O–H groups in total. The fourth-order valence-corrected chi connectivity index (χ4v) is 3.96. The van der Waals surface area contributed by atoms with Gasteiger partial charge < -0.3 is 10.6 Å². The van der Waals surface area contributed by atoms with Crippen molar-refractivity contribution in [2.75, 3.05) is 11.9 Å². The Morgan fingerprint density at radius 2 is 1.91 bits per heavy atom. The van der Waals surface area contributed by atoms with Gasteiger partial charge in [0.15, 0.2) is 6.54 Å². The summed E-state index contributed by atoms with van der Waals surface area (Å²) in [4.78, 5) is 13.3. The highest BCUT2D eigenvalue weighted by Crippen LogP contribution is 2.32. The minimum absolute atomic E-state index is 0.0620. The first-order valence-corrected chi connectivity index (χ1v) is 9.43. The summed E-state index contributed by atoms with van der Waals surface area (Å²) in [7, 11) is 0. The van der Waals surface area contributed by atoms with Crippen molar-refractivity contribution >= 4 is 22.9 Å². The van der Waals surface area contributed by atoms with E-state index in [9.17, 15) is 4.79 Å². The maximum atomic E-state index is 12.0. The van der Waals surface area contributed by atoms with E-state index in [0.29, 0.717) is 12.5 Å². The number of hydrogen-bond acceptors (Lipinski definition) is 2. The molecule has 0 radical (unpaired) electrons. The number of quaternary nitrogens is 1. The molecule has 0 bridgehead atoms. The van der Waals surface area contributed by atoms with Crippen molar-refractivity contribution in [3.63, 3.8) is 0 Å². The predicted octanol–water partition coefficient (Wildman–Crippen LogP) is 3.50. The van der Waals surface area contributed by atoms with Gasteiger partial charge in [-0.15, -0.1) is 11.3 Å². The third-order valence-corrected chi connectivity index (χ3v) is 5.43. The molecule has 0 saturated heterocycles. The summed E-state index contributed by atoms with van der Waals surface area (Å²) in [6.45, 7) is 1.33. The molecular weight excluding hydrogens is 304 g/mol. The highest BCUT2D eigenvalue weighted by atomic mass is 32.1. The largest absolute Gasteiger partial charge is 0.334 e. The summed E-state index contributed by atoms with van der Waals surface area (Å²) in [5.74, 6) is 0.777. The summed E-state index contributed by atoms with van der Waals surface area (Å²) in [5.41, 5.74) is 2.33. The first-order valence-electron chi connectivity index (χ1n) is 8.55. The Balaban J connectivity index is 1.44. The van der Waals surface area contributed by atoms with E-state index in [0.717, 1.165) is 12.2 Å². The van der Waals surface area contributed by atoms with Crippen LogP contribution in [0.1, 0.15) is 48.5 Å². The number of amides is 1. The number of carbonyl (C=O) groups excluding carboxylic acids is 1. The van der Waals surface area contributed by atoms with Gasteiger partial charge in [0.25, 0.3) is 5.91 Å². The Hall–Kier alpha value is -1.65. The Bertz CT molecular complexity index is 601. The first-order chi connectivity index (χ1) is 11.3. The molecule has 1 aliphatic carbocycles. The fraction of sp³-hybridized carbons (Fsp3) is 0.421. The van der Waals surface area contributed by atoms with Crippen molar-refractivity contribution in [1.82, 2.24) is 0 Å². The van der Waals surface area contributed by atoms with Gasteiger partial charge in [-0.2, -0.15) is 0 Å². The molecule has 2 aromatic rings. The third kappa shape index (κ3) is 4.91. The molecule has 1 fully saturated rings. The normalized spacial score (nSPS) is 15.5. The van der Waals surface area contributed by atoms with E-state index in [4.69, 9.17) is 0 Å². The van der Waals surface area contributed by atoms with Crippen LogP contribution in [0.4, 0.5) is 5.69 Å². The zero-order chi connectivity index (χ0) is 15.9. The average molecular weight is 329 g/mol. The Morgan fingerprint density at radius 1 is 1.13 bits per heavy atom. The van der Waals surface area contributed by atoms with Gasteiger partial charge in [-0.3, -0.25) is 4.79 Å². The van der Waals surface area contributed by atoms with Crippen LogP contribution in [0.15, 0.2) is 41.8 Å². The summed E-state index contributed by atoms with van der Waals surface area (Å²) >= 11 is 1.73. The van der Waals surface area contributed by atoms with Crippen LogP contribution in [-0.2, 0) is 11.3 Å². The third-order valence-electron chi connectivity index (χ3n) is 4.53. The highest BCUT2D eigenvalue weighted by molar-refractivity contribution is 7.09. The summed E-state index contributed by atoms with van der Waals surface area (Å²) < 4.78 is 0. The Kier molecular flexibility index (Phi) is 5.83. The number of carbonyl (C=O) groups is 1. The van der Waals surface area contributed by atoms with Gasteiger partial charge >= 0.3 is 0 Å². The van der Waals surface area contributed by atoms with Gasteiger partial charge in [0.1, 0.15) is 6.54 Å². The molecule has 3 nitrogen and oxygen atoms in total. The van der Waals surface area contributed by atoms with Crippen molar-refractivity contribution in [1.29, 1.82) is 0 Å². The van der Waals surface area contributed by atoms with Crippen LogP contribution in [0.2, 0.25) is 0 Å². The maximum Gasteiger partial charge on any atom is 0.279 e. The number of nitrogens with two attached hydrogens (primary N) is 1. The van der Waals surface area contributed by atoms with Crippen LogP contribution in [0.25, 0.3) is 0 Å². The molecule has 1 heterocycles. The number of thiophene rings is 1. The molecule has 122 valence electrons. The number of rotatable bonds is 6. The summed E-state index contributed by atoms with van der Waals surface area (Å²) in [5, 5.41) is 7.09. The molecule has 0 spiro atoms. The zero-order valence-corrected chi connectivity index (χ0v) is 14.3. The lowest BCUT2D eigenvalue weighted by atomic mass is 9.84. The fourth-order valence-electron chi connectivity index (χ4n) is 3.26. The monoisotopic (exact) mass is 329 g/mol. The van der Waals surface area contributed by atoms with Crippen molar-refractivity contribution in [2.24, 2.45) is 0 Å². The Morgan fingerprint density at radius 3 is 2.61 bits per heavy atom. The number of hydrogen-bond donors (Lipinski definition) is 2. The molecule has 1 amide bonds. The lowest BCUT2D eigenvalue weighted by molar-refractivity contribution is -0.659. The molecule has 1 aliphatic rings. The number of anilines is 1. The summed E-state index contributed by atoms with van der Waals surface area (Å²) in [6.07, 6.45) is 6.70. The smallest absolute Gasteiger partial charge is 0.279 e. The van der Waals surface area contributed by atoms with Crippen LogP contribution < -0.4 is 10.6 Å². The van der Waals surface area contributed by atoms with E-state index in [1.54, 1.807) is 11.3 Å². The molecule has 1 saturated carbocycles. The molecule has 1 aromatic heterocycles. The number of nitrogens with one attached hydrogen (secondary N) is 1. The van der Waals surface area contributed by atoms with Gasteiger partial charge in [-0.1, -0.05) is 37.5 Å². The molecule has 23 heavy (non-hydrogen) atoms. The van der Waals surface area contributed by atoms with Gasteiger partial charge in [0, 0.05) is 5.69 Å². The molecule has 0 atom stereocenters. The van der Waals surface area contributed by atoms with Crippen molar-refractivity contribution in [2.45, 2.75) is 44.6 Å². The lowest BCUT2D eigenvalue weighted by Gasteiger charge is -2.22. The van der Waals surface area contributed by atoms with Crippen molar-refractivity contribution < 1.29 is 10.1 Å². The van der Waals surface area contributed by atoms with Crippen LogP contribution in [0.3, 0.4) is 0 Å². The van der Waals surface area contributed by atoms with E-state index in [2.05, 4.69) is 28.9 Å². The van der Waals surface area contributed by atoms with Crippen molar-refractivity contribution in [3.8, 4) is 0 Å². The van der Waals surface area contributed by atoms with E-state index >= 15 is 0 Å². The van der Waals surface area contributed by atoms with E-state index in [1.807, 2.05) is 23.5 Å². The van der Waals surface area contributed by atoms with Crippen LogP contribution >= 0.6 is 11.3 Å². The summed E-state index contributed by atoms with van der Waals surface area (Å²) in [6, 6.07) is 12.6. The van der Waals surface area contributed by atoms with Gasteiger partial charge in [0.05, 0.1) is 4.88 Å². The van der Waals surface area contributed by atoms with E-state index in [1.165, 1.54) is 42.5 Å². The van der Waals surface area contributed by atoms with Crippen LogP contribution in [-0.4, -0.2) is 12.5 Å².